The molecule has 1 heterocycles. The van der Waals surface area contributed by atoms with Crippen molar-refractivity contribution in [2.45, 2.75) is 33.7 Å². The van der Waals surface area contributed by atoms with E-state index in [4.69, 9.17) is 5.73 Å². The Kier molecular flexibility index (Phi) is 3.32. The van der Waals surface area contributed by atoms with Gasteiger partial charge in [-0.15, -0.1) is 11.3 Å². The minimum Gasteiger partial charge on any atom is -0.387 e. The molecule has 0 bridgehead atoms. The number of nitrogens with zero attached hydrogens (tertiary/aromatic N) is 1. The summed E-state index contributed by atoms with van der Waals surface area (Å²) in [6, 6.07) is 4.31. The molecule has 1 rings (SSSR count). The summed E-state index contributed by atoms with van der Waals surface area (Å²) in [5.41, 5.74) is 5.88. The largest absolute Gasteiger partial charge is 0.387 e. The van der Waals surface area contributed by atoms with Crippen LogP contribution in [0.1, 0.15) is 38.6 Å². The van der Waals surface area contributed by atoms with Gasteiger partial charge in [0.2, 0.25) is 0 Å². The highest BCUT2D eigenvalue weighted by Gasteiger charge is 2.16. The predicted molar refractivity (Wildman–Crippen MR) is 63.8 cm³/mol. The lowest BCUT2D eigenvalue weighted by atomic mass is 9.95. The van der Waals surface area contributed by atoms with E-state index in [1.165, 1.54) is 4.88 Å². The van der Waals surface area contributed by atoms with E-state index in [1.54, 1.807) is 11.3 Å². The summed E-state index contributed by atoms with van der Waals surface area (Å²) < 4.78 is 0. The molecule has 0 saturated heterocycles. The molecule has 1 aromatic heterocycles. The first-order valence-electron chi connectivity index (χ1n) is 4.78. The van der Waals surface area contributed by atoms with E-state index in [2.05, 4.69) is 44.1 Å². The van der Waals surface area contributed by atoms with Crippen LogP contribution in [0.15, 0.2) is 22.5 Å². The maximum atomic E-state index is 5.91. The van der Waals surface area contributed by atoms with Crippen LogP contribution >= 0.6 is 11.3 Å². The minimum absolute atomic E-state index is 0.0362. The molecule has 0 amide bonds. The van der Waals surface area contributed by atoms with Gasteiger partial charge in [-0.05, 0) is 18.4 Å². The van der Waals surface area contributed by atoms with Crippen molar-refractivity contribution in [2.75, 3.05) is 0 Å². The fourth-order valence-electron chi connectivity index (χ4n) is 0.995. The summed E-state index contributed by atoms with van der Waals surface area (Å²) >= 11 is 1.72. The molecule has 0 radical (unpaired) electrons. The first kappa shape index (κ1) is 11.2. The fourth-order valence-corrected chi connectivity index (χ4v) is 1.72. The van der Waals surface area contributed by atoms with E-state index in [0.717, 1.165) is 5.84 Å². The second kappa shape index (κ2) is 4.13. The quantitative estimate of drug-likeness (QED) is 0.591. The Labute approximate surface area is 89.9 Å². The Morgan fingerprint density at radius 1 is 1.50 bits per heavy atom. The van der Waals surface area contributed by atoms with Gasteiger partial charge in [0.15, 0.2) is 0 Å². The molecule has 0 saturated carbocycles. The Morgan fingerprint density at radius 2 is 2.14 bits per heavy atom. The second-order valence-corrected chi connectivity index (χ2v) is 5.44. The van der Waals surface area contributed by atoms with Gasteiger partial charge in [-0.1, -0.05) is 26.8 Å². The van der Waals surface area contributed by atoms with E-state index < -0.39 is 0 Å². The van der Waals surface area contributed by atoms with E-state index >= 15 is 0 Å². The van der Waals surface area contributed by atoms with Crippen LogP contribution in [0, 0.1) is 5.41 Å². The highest BCUT2D eigenvalue weighted by atomic mass is 32.1. The summed E-state index contributed by atoms with van der Waals surface area (Å²) in [6.45, 7) is 8.30. The van der Waals surface area contributed by atoms with Crippen molar-refractivity contribution in [3.05, 3.63) is 22.4 Å². The lowest BCUT2D eigenvalue weighted by Crippen LogP contribution is -2.29. The SMILES string of the molecule is CC(N=C(N)C(C)(C)C)c1cccs1. The van der Waals surface area contributed by atoms with Gasteiger partial charge in [0.25, 0.3) is 0 Å². The molecule has 14 heavy (non-hydrogen) atoms. The zero-order valence-electron chi connectivity index (χ0n) is 9.24. The van der Waals surface area contributed by atoms with Crippen molar-refractivity contribution < 1.29 is 0 Å². The van der Waals surface area contributed by atoms with Crippen LogP contribution < -0.4 is 5.73 Å². The highest BCUT2D eigenvalue weighted by molar-refractivity contribution is 7.10. The zero-order chi connectivity index (χ0) is 10.8. The summed E-state index contributed by atoms with van der Waals surface area (Å²) in [5, 5.41) is 2.06. The normalized spacial score (nSPS) is 15.6. The Hall–Kier alpha value is -0.830. The smallest absolute Gasteiger partial charge is 0.0999 e. The molecule has 0 aliphatic rings. The number of hydrogen-bond donors (Lipinski definition) is 1. The number of hydrogen-bond acceptors (Lipinski definition) is 2. The van der Waals surface area contributed by atoms with Gasteiger partial charge in [-0.25, -0.2) is 0 Å². The molecule has 1 unspecified atom stereocenters. The molecule has 0 spiro atoms. The van der Waals surface area contributed by atoms with E-state index in [9.17, 15) is 0 Å². The number of amidine groups is 1. The average Bonchev–Trinajstić information content (AvgIpc) is 2.53. The Balaban J connectivity index is 2.78. The van der Waals surface area contributed by atoms with Crippen LogP contribution in [0.4, 0.5) is 0 Å². The number of nitrogens with two attached hydrogens (primary N) is 1. The van der Waals surface area contributed by atoms with Gasteiger partial charge in [-0.2, -0.15) is 0 Å². The molecule has 1 atom stereocenters. The average molecular weight is 210 g/mol. The highest BCUT2D eigenvalue weighted by Crippen LogP contribution is 2.24. The van der Waals surface area contributed by atoms with Gasteiger partial charge >= 0.3 is 0 Å². The second-order valence-electron chi connectivity index (χ2n) is 4.46. The molecule has 1 aromatic rings. The lowest BCUT2D eigenvalue weighted by Gasteiger charge is -2.19. The number of thiophene rings is 1. The topological polar surface area (TPSA) is 38.4 Å². The minimum atomic E-state index is -0.0362. The van der Waals surface area contributed by atoms with Crippen molar-refractivity contribution in [2.24, 2.45) is 16.1 Å². The fraction of sp³-hybridized carbons (Fsp3) is 0.545. The molecule has 0 aromatic carbocycles. The van der Waals surface area contributed by atoms with Crippen molar-refractivity contribution in [3.63, 3.8) is 0 Å². The van der Waals surface area contributed by atoms with Crippen LogP contribution in [0.25, 0.3) is 0 Å². The summed E-state index contributed by atoms with van der Waals surface area (Å²) in [7, 11) is 0. The molecule has 78 valence electrons. The van der Waals surface area contributed by atoms with E-state index in [0.29, 0.717) is 0 Å². The van der Waals surface area contributed by atoms with Crippen LogP contribution in [0.5, 0.6) is 0 Å². The van der Waals surface area contributed by atoms with Gasteiger partial charge in [0, 0.05) is 10.3 Å². The predicted octanol–water partition coefficient (Wildman–Crippen LogP) is 3.21. The number of aliphatic imine (C=N–C) groups is 1. The van der Waals surface area contributed by atoms with E-state index in [-0.39, 0.29) is 11.5 Å². The maximum absolute atomic E-state index is 5.91. The summed E-state index contributed by atoms with van der Waals surface area (Å²) in [5.74, 6) is 0.721. The van der Waals surface area contributed by atoms with E-state index in [1.807, 2.05) is 6.07 Å². The van der Waals surface area contributed by atoms with Crippen LogP contribution in [-0.4, -0.2) is 5.84 Å². The third-order valence-electron chi connectivity index (χ3n) is 2.06. The van der Waals surface area contributed by atoms with Crippen molar-refractivity contribution in [1.82, 2.24) is 0 Å². The summed E-state index contributed by atoms with van der Waals surface area (Å²) in [6.07, 6.45) is 0. The van der Waals surface area contributed by atoms with Crippen LogP contribution in [0.2, 0.25) is 0 Å². The first-order chi connectivity index (χ1) is 6.41. The monoisotopic (exact) mass is 210 g/mol. The Morgan fingerprint density at radius 3 is 2.57 bits per heavy atom. The van der Waals surface area contributed by atoms with Crippen LogP contribution in [-0.2, 0) is 0 Å². The molecule has 0 aliphatic carbocycles. The summed E-state index contributed by atoms with van der Waals surface area (Å²) in [4.78, 5) is 5.76. The maximum Gasteiger partial charge on any atom is 0.0999 e. The first-order valence-corrected chi connectivity index (χ1v) is 5.66. The van der Waals surface area contributed by atoms with Crippen LogP contribution in [0.3, 0.4) is 0 Å². The van der Waals surface area contributed by atoms with Crippen molar-refractivity contribution in [3.8, 4) is 0 Å². The Bertz CT molecular complexity index is 307. The van der Waals surface area contributed by atoms with Crippen molar-refractivity contribution in [1.29, 1.82) is 0 Å². The van der Waals surface area contributed by atoms with Gasteiger partial charge in [-0.3, -0.25) is 4.99 Å². The lowest BCUT2D eigenvalue weighted by molar-refractivity contribution is 0.576. The zero-order valence-corrected chi connectivity index (χ0v) is 10.1. The number of rotatable bonds is 2. The molecule has 0 aliphatic heterocycles. The molecule has 2 N–H and O–H groups in total. The van der Waals surface area contributed by atoms with Gasteiger partial charge in [0.05, 0.1) is 11.9 Å². The molecular weight excluding hydrogens is 192 g/mol. The molecular formula is C11H18N2S. The molecule has 0 fully saturated rings. The van der Waals surface area contributed by atoms with Gasteiger partial charge in [0.1, 0.15) is 0 Å². The van der Waals surface area contributed by atoms with Crippen molar-refractivity contribution >= 4 is 17.2 Å². The molecule has 3 heteroatoms. The standard InChI is InChI=1S/C11H18N2S/c1-8(9-6-5-7-14-9)13-10(12)11(2,3)4/h5-8H,1-4H3,(H2,12,13). The molecule has 2 nitrogen and oxygen atoms in total. The third-order valence-corrected chi connectivity index (χ3v) is 3.10. The third kappa shape index (κ3) is 2.84. The van der Waals surface area contributed by atoms with Gasteiger partial charge < -0.3 is 5.73 Å².